The van der Waals surface area contributed by atoms with Gasteiger partial charge in [0.15, 0.2) is 18.9 Å². The van der Waals surface area contributed by atoms with Crippen LogP contribution in [-0.2, 0) is 33.2 Å². The molecular weight excluding hydrogens is 830 g/mol. The summed E-state index contributed by atoms with van der Waals surface area (Å²) in [6.07, 6.45) is -3.26. The predicted octanol–water partition coefficient (Wildman–Crippen LogP) is -0.309. The van der Waals surface area contributed by atoms with E-state index < -0.39 is 124 Å². The summed E-state index contributed by atoms with van der Waals surface area (Å²) in [6, 6.07) is -0.886. The van der Waals surface area contributed by atoms with Crippen molar-refractivity contribution in [3.63, 3.8) is 0 Å². The summed E-state index contributed by atoms with van der Waals surface area (Å²) in [5, 5.41) is 119. The second kappa shape index (κ2) is 30.5. The van der Waals surface area contributed by atoms with E-state index in [0.717, 1.165) is 64.2 Å². The first-order valence-corrected chi connectivity index (χ1v) is 23.1. The van der Waals surface area contributed by atoms with Crippen LogP contribution in [0.25, 0.3) is 0 Å². The van der Waals surface area contributed by atoms with Gasteiger partial charge in [-0.15, -0.1) is 0 Å². The van der Waals surface area contributed by atoms with E-state index in [1.54, 1.807) is 0 Å². The van der Waals surface area contributed by atoms with Crippen LogP contribution in [-0.4, -0.2) is 193 Å². The lowest BCUT2D eigenvalue weighted by Crippen LogP contribution is -2.66. The summed E-state index contributed by atoms with van der Waals surface area (Å²) >= 11 is 0. The smallest absolute Gasteiger partial charge is 0.220 e. The lowest BCUT2D eigenvalue weighted by Gasteiger charge is -2.48. The lowest BCUT2D eigenvalue weighted by molar-refractivity contribution is -0.379. The van der Waals surface area contributed by atoms with Gasteiger partial charge in [0.1, 0.15) is 73.2 Å². The van der Waals surface area contributed by atoms with Gasteiger partial charge in [-0.05, 0) is 38.5 Å². The number of unbranched alkanes of at least 4 members (excludes halogenated alkanes) is 10. The molecule has 0 saturated carbocycles. The van der Waals surface area contributed by atoms with Crippen molar-refractivity contribution in [2.45, 2.75) is 221 Å². The van der Waals surface area contributed by atoms with Crippen molar-refractivity contribution < 1.29 is 89.4 Å². The Morgan fingerprint density at radius 2 is 1.06 bits per heavy atom. The number of allylic oxidation sites excluding steroid dienone is 4. The number of aliphatic hydroxyl groups is 11. The lowest BCUT2D eigenvalue weighted by atomic mass is 9.96. The first-order valence-electron chi connectivity index (χ1n) is 23.1. The quantitative estimate of drug-likeness (QED) is 0.0325. The standard InChI is InChI=1S/C44H79NO18/c1-3-5-7-9-10-11-12-13-14-15-16-17-18-20-22-32(50)45-27(28(49)21-19-8-6-4-2)26-58-42-38(56)35(53)40(30(24-47)60-42)63-44-39(57)36(54)41(31(25-48)61-44)62-43-37(55)34(52)33(51)29(23-46)59-43/h9-10,12-13,27-31,33-44,46-49,51-57H,3-8,11,14-26H2,1-2H3,(H,45,50)/b10-9-,13-12-. The Labute approximate surface area is 371 Å². The Morgan fingerprint density at radius 3 is 1.65 bits per heavy atom. The fraction of sp³-hybridized carbons (Fsp3) is 0.886. The van der Waals surface area contributed by atoms with Crippen LogP contribution >= 0.6 is 0 Å². The summed E-state index contributed by atoms with van der Waals surface area (Å²) < 4.78 is 33.9. The van der Waals surface area contributed by atoms with Crippen molar-refractivity contribution in [3.05, 3.63) is 24.3 Å². The van der Waals surface area contributed by atoms with Crippen LogP contribution < -0.4 is 5.32 Å². The molecule has 63 heavy (non-hydrogen) atoms. The maximum atomic E-state index is 13.0. The summed E-state index contributed by atoms with van der Waals surface area (Å²) in [5.74, 6) is -0.270. The topological polar surface area (TPSA) is 307 Å². The van der Waals surface area contributed by atoms with E-state index in [-0.39, 0.29) is 18.9 Å². The number of carbonyl (C=O) groups excluding carboxylic acids is 1. The number of aliphatic hydroxyl groups excluding tert-OH is 11. The molecule has 0 aromatic rings. The molecule has 368 valence electrons. The Morgan fingerprint density at radius 1 is 0.571 bits per heavy atom. The summed E-state index contributed by atoms with van der Waals surface area (Å²) in [5.41, 5.74) is 0. The van der Waals surface area contributed by atoms with Crippen LogP contribution in [0.1, 0.15) is 117 Å². The Bertz CT molecular complexity index is 1280. The number of nitrogens with one attached hydrogen (secondary N) is 1. The molecule has 3 rings (SSSR count). The van der Waals surface area contributed by atoms with E-state index in [9.17, 15) is 61.0 Å². The second-order valence-electron chi connectivity index (χ2n) is 16.9. The average Bonchev–Trinajstić information content (AvgIpc) is 3.28. The van der Waals surface area contributed by atoms with Gasteiger partial charge in [0, 0.05) is 6.42 Å². The third kappa shape index (κ3) is 17.8. The van der Waals surface area contributed by atoms with E-state index in [1.807, 2.05) is 0 Å². The van der Waals surface area contributed by atoms with Crippen molar-refractivity contribution in [1.29, 1.82) is 0 Å². The summed E-state index contributed by atoms with van der Waals surface area (Å²) in [7, 11) is 0. The largest absolute Gasteiger partial charge is 0.394 e. The van der Waals surface area contributed by atoms with Crippen molar-refractivity contribution in [2.75, 3.05) is 26.4 Å². The van der Waals surface area contributed by atoms with E-state index in [4.69, 9.17) is 28.4 Å². The van der Waals surface area contributed by atoms with E-state index >= 15 is 0 Å². The number of hydrogen-bond donors (Lipinski definition) is 12. The second-order valence-corrected chi connectivity index (χ2v) is 16.9. The number of amides is 1. The Kier molecular flexibility index (Phi) is 26.9. The van der Waals surface area contributed by atoms with Gasteiger partial charge < -0.3 is 89.9 Å². The molecule has 19 nitrogen and oxygen atoms in total. The van der Waals surface area contributed by atoms with Crippen LogP contribution in [0.15, 0.2) is 24.3 Å². The molecule has 17 unspecified atom stereocenters. The number of ether oxygens (including phenoxy) is 6. The minimum Gasteiger partial charge on any atom is -0.394 e. The molecule has 3 heterocycles. The molecule has 1 amide bonds. The van der Waals surface area contributed by atoms with Crippen LogP contribution in [0, 0.1) is 0 Å². The highest BCUT2D eigenvalue weighted by Crippen LogP contribution is 2.33. The highest BCUT2D eigenvalue weighted by atomic mass is 16.8. The highest BCUT2D eigenvalue weighted by molar-refractivity contribution is 5.76. The van der Waals surface area contributed by atoms with Gasteiger partial charge in [-0.2, -0.15) is 0 Å². The summed E-state index contributed by atoms with van der Waals surface area (Å²) in [4.78, 5) is 13.0. The molecular formula is C44H79NO18. The third-order valence-corrected chi connectivity index (χ3v) is 11.8. The zero-order chi connectivity index (χ0) is 46.3. The van der Waals surface area contributed by atoms with Gasteiger partial charge in [-0.1, -0.05) is 95.9 Å². The molecule has 3 saturated heterocycles. The molecule has 19 heteroatoms. The molecule has 0 radical (unpaired) electrons. The number of carbonyl (C=O) groups is 1. The summed E-state index contributed by atoms with van der Waals surface area (Å²) in [6.45, 7) is 1.53. The zero-order valence-corrected chi connectivity index (χ0v) is 37.0. The van der Waals surface area contributed by atoms with E-state index in [2.05, 4.69) is 43.5 Å². The molecule has 0 spiro atoms. The van der Waals surface area contributed by atoms with Crippen molar-refractivity contribution >= 4 is 5.91 Å². The molecule has 12 N–H and O–H groups in total. The normalized spacial score (nSPS) is 35.0. The Balaban J connectivity index is 1.53. The van der Waals surface area contributed by atoms with Crippen molar-refractivity contribution in [3.8, 4) is 0 Å². The molecule has 3 aliphatic heterocycles. The maximum absolute atomic E-state index is 13.0. The number of rotatable bonds is 30. The molecule has 0 aliphatic carbocycles. The molecule has 3 aliphatic rings. The average molecular weight is 910 g/mol. The van der Waals surface area contributed by atoms with Gasteiger partial charge in [-0.3, -0.25) is 4.79 Å². The Hall–Kier alpha value is -1.73. The molecule has 17 atom stereocenters. The minimum absolute atomic E-state index is 0.248. The number of hydrogen-bond acceptors (Lipinski definition) is 18. The van der Waals surface area contributed by atoms with E-state index in [0.29, 0.717) is 19.3 Å². The van der Waals surface area contributed by atoms with Crippen LogP contribution in [0.3, 0.4) is 0 Å². The molecule has 3 fully saturated rings. The van der Waals surface area contributed by atoms with Gasteiger partial charge in [0.25, 0.3) is 0 Å². The highest BCUT2D eigenvalue weighted by Gasteiger charge is 2.53. The molecule has 0 bridgehead atoms. The minimum atomic E-state index is -1.97. The predicted molar refractivity (Wildman–Crippen MR) is 226 cm³/mol. The monoisotopic (exact) mass is 910 g/mol. The molecule has 0 aromatic heterocycles. The van der Waals surface area contributed by atoms with Crippen molar-refractivity contribution in [1.82, 2.24) is 5.32 Å². The first kappa shape index (κ1) is 55.6. The van der Waals surface area contributed by atoms with E-state index in [1.165, 1.54) is 12.8 Å². The van der Waals surface area contributed by atoms with Gasteiger partial charge in [0.05, 0.1) is 38.6 Å². The van der Waals surface area contributed by atoms with Crippen LogP contribution in [0.5, 0.6) is 0 Å². The van der Waals surface area contributed by atoms with Gasteiger partial charge in [-0.25, -0.2) is 0 Å². The van der Waals surface area contributed by atoms with Crippen LogP contribution in [0.2, 0.25) is 0 Å². The maximum Gasteiger partial charge on any atom is 0.220 e. The fourth-order valence-corrected chi connectivity index (χ4v) is 7.80. The van der Waals surface area contributed by atoms with Crippen LogP contribution in [0.4, 0.5) is 0 Å². The van der Waals surface area contributed by atoms with Gasteiger partial charge in [0.2, 0.25) is 5.91 Å². The third-order valence-electron chi connectivity index (χ3n) is 11.8. The fourth-order valence-electron chi connectivity index (χ4n) is 7.80. The molecule has 0 aromatic carbocycles. The zero-order valence-electron chi connectivity index (χ0n) is 37.0. The van der Waals surface area contributed by atoms with Gasteiger partial charge >= 0.3 is 0 Å². The van der Waals surface area contributed by atoms with Crippen molar-refractivity contribution in [2.24, 2.45) is 0 Å². The first-order chi connectivity index (χ1) is 30.3. The SMILES string of the molecule is CCCC/C=C\C/C=C\CCCCCCCC(=O)NC(COC1OC(CO)C(OC2OC(CO)C(OC3OC(CO)C(O)C(O)C3O)C(O)C2O)C(O)C1O)C(O)CCCCCC.